The van der Waals surface area contributed by atoms with Crippen molar-refractivity contribution in [3.8, 4) is 0 Å². The quantitative estimate of drug-likeness (QED) is 0.842. The molecule has 1 rings (SSSR count). The molecule has 18 heavy (non-hydrogen) atoms. The minimum atomic E-state index is -0.794. The van der Waals surface area contributed by atoms with Crippen molar-refractivity contribution in [2.75, 3.05) is 11.9 Å². The molecule has 1 aromatic rings. The van der Waals surface area contributed by atoms with Crippen LogP contribution in [0.1, 0.15) is 33.6 Å². The maximum Gasteiger partial charge on any atom is 0.283 e. The molecule has 5 nitrogen and oxygen atoms in total. The molecule has 0 spiro atoms. The van der Waals surface area contributed by atoms with Gasteiger partial charge in [-0.25, -0.2) is 4.68 Å². The number of hydrogen-bond acceptors (Lipinski definition) is 4. The summed E-state index contributed by atoms with van der Waals surface area (Å²) in [6.45, 7) is 6.63. The lowest BCUT2D eigenvalue weighted by Crippen LogP contribution is -2.33. The highest BCUT2D eigenvalue weighted by Gasteiger charge is 2.18. The number of aromatic nitrogens is 2. The first-order chi connectivity index (χ1) is 8.41. The Morgan fingerprint density at radius 1 is 1.56 bits per heavy atom. The van der Waals surface area contributed by atoms with E-state index in [1.54, 1.807) is 13.1 Å². The minimum absolute atomic E-state index is 0.155. The summed E-state index contributed by atoms with van der Waals surface area (Å²) in [6.07, 6.45) is 3.10. The molecule has 0 aliphatic rings. The van der Waals surface area contributed by atoms with Gasteiger partial charge in [0.1, 0.15) is 4.47 Å². The molecule has 102 valence electrons. The Bertz CT molecular complexity index is 457. The third-order valence-electron chi connectivity index (χ3n) is 2.84. The highest BCUT2D eigenvalue weighted by Crippen LogP contribution is 2.18. The van der Waals surface area contributed by atoms with Crippen molar-refractivity contribution in [2.45, 2.75) is 45.8 Å². The fourth-order valence-corrected chi connectivity index (χ4v) is 1.82. The number of anilines is 1. The van der Waals surface area contributed by atoms with Crippen molar-refractivity contribution in [1.82, 2.24) is 9.78 Å². The van der Waals surface area contributed by atoms with Crippen LogP contribution in [0.2, 0.25) is 0 Å². The van der Waals surface area contributed by atoms with E-state index in [1.807, 2.05) is 13.8 Å². The summed E-state index contributed by atoms with van der Waals surface area (Å²) in [6, 6.07) is 0. The van der Waals surface area contributed by atoms with Crippen LogP contribution in [0.5, 0.6) is 0 Å². The average molecular weight is 318 g/mol. The second-order valence-corrected chi connectivity index (χ2v) is 5.40. The zero-order chi connectivity index (χ0) is 13.8. The molecule has 6 heteroatoms. The molecule has 0 aliphatic carbocycles. The Hall–Kier alpha value is -0.880. The molecule has 0 saturated heterocycles. The SMILES string of the molecule is CCCn1ncc(NCC(C)(O)CC)c(Br)c1=O. The van der Waals surface area contributed by atoms with Gasteiger partial charge >= 0.3 is 0 Å². The third kappa shape index (κ3) is 3.81. The number of rotatable bonds is 6. The molecule has 0 radical (unpaired) electrons. The Morgan fingerprint density at radius 3 is 2.78 bits per heavy atom. The molecule has 1 heterocycles. The van der Waals surface area contributed by atoms with E-state index in [1.165, 1.54) is 4.68 Å². The Kier molecular flexibility index (Phi) is 5.34. The van der Waals surface area contributed by atoms with Crippen LogP contribution in [0.3, 0.4) is 0 Å². The van der Waals surface area contributed by atoms with Crippen LogP contribution >= 0.6 is 15.9 Å². The van der Waals surface area contributed by atoms with Crippen molar-refractivity contribution in [3.05, 3.63) is 21.0 Å². The van der Waals surface area contributed by atoms with Crippen LogP contribution in [-0.4, -0.2) is 27.0 Å². The average Bonchev–Trinajstić information content (AvgIpc) is 2.34. The summed E-state index contributed by atoms with van der Waals surface area (Å²) < 4.78 is 1.88. The molecule has 0 saturated carbocycles. The van der Waals surface area contributed by atoms with E-state index >= 15 is 0 Å². The summed E-state index contributed by atoms with van der Waals surface area (Å²) in [5, 5.41) is 17.0. The van der Waals surface area contributed by atoms with Crippen molar-refractivity contribution >= 4 is 21.6 Å². The van der Waals surface area contributed by atoms with Gasteiger partial charge in [0.25, 0.3) is 5.56 Å². The lowest BCUT2D eigenvalue weighted by atomic mass is 10.0. The number of hydrogen-bond donors (Lipinski definition) is 2. The maximum absolute atomic E-state index is 11.9. The van der Waals surface area contributed by atoms with Crippen LogP contribution < -0.4 is 10.9 Å². The molecule has 0 amide bonds. The molecule has 1 aromatic heterocycles. The molecule has 0 bridgehead atoms. The summed E-state index contributed by atoms with van der Waals surface area (Å²) in [7, 11) is 0. The Labute approximate surface area is 115 Å². The third-order valence-corrected chi connectivity index (χ3v) is 3.61. The van der Waals surface area contributed by atoms with Gasteiger partial charge < -0.3 is 10.4 Å². The summed E-state index contributed by atoms with van der Waals surface area (Å²) in [4.78, 5) is 11.9. The highest BCUT2D eigenvalue weighted by molar-refractivity contribution is 9.10. The van der Waals surface area contributed by atoms with Gasteiger partial charge in [-0.3, -0.25) is 4.79 Å². The maximum atomic E-state index is 11.9. The predicted octanol–water partition coefficient (Wildman–Crippen LogP) is 1.99. The Morgan fingerprint density at radius 2 is 2.22 bits per heavy atom. The molecule has 1 unspecified atom stereocenters. The number of aliphatic hydroxyl groups is 1. The summed E-state index contributed by atoms with van der Waals surface area (Å²) >= 11 is 3.27. The van der Waals surface area contributed by atoms with Crippen molar-refractivity contribution in [3.63, 3.8) is 0 Å². The van der Waals surface area contributed by atoms with E-state index in [2.05, 4.69) is 26.3 Å². The number of aryl methyl sites for hydroxylation is 1. The van der Waals surface area contributed by atoms with Crippen LogP contribution in [0.25, 0.3) is 0 Å². The lowest BCUT2D eigenvalue weighted by Gasteiger charge is -2.22. The molecule has 0 fully saturated rings. The lowest BCUT2D eigenvalue weighted by molar-refractivity contribution is 0.0697. The van der Waals surface area contributed by atoms with Gasteiger partial charge in [-0.2, -0.15) is 5.10 Å². The number of nitrogens with zero attached hydrogens (tertiary/aromatic N) is 2. The van der Waals surface area contributed by atoms with Crippen LogP contribution in [0.15, 0.2) is 15.5 Å². The first kappa shape index (κ1) is 15.2. The van der Waals surface area contributed by atoms with Crippen molar-refractivity contribution in [2.24, 2.45) is 0 Å². The molecular weight excluding hydrogens is 298 g/mol. The molecule has 1 atom stereocenters. The van der Waals surface area contributed by atoms with Crippen LogP contribution in [-0.2, 0) is 6.54 Å². The van der Waals surface area contributed by atoms with E-state index in [-0.39, 0.29) is 5.56 Å². The fourth-order valence-electron chi connectivity index (χ4n) is 1.37. The summed E-state index contributed by atoms with van der Waals surface area (Å²) in [5.74, 6) is 0. The zero-order valence-electron chi connectivity index (χ0n) is 11.0. The van der Waals surface area contributed by atoms with Gasteiger partial charge in [0.15, 0.2) is 0 Å². The van der Waals surface area contributed by atoms with E-state index < -0.39 is 5.60 Å². The van der Waals surface area contributed by atoms with Gasteiger partial charge in [-0.05, 0) is 35.7 Å². The first-order valence-electron chi connectivity index (χ1n) is 6.13. The molecular formula is C12H20BrN3O2. The van der Waals surface area contributed by atoms with E-state index in [0.717, 1.165) is 6.42 Å². The second kappa shape index (κ2) is 6.33. The zero-order valence-corrected chi connectivity index (χ0v) is 12.6. The van der Waals surface area contributed by atoms with Gasteiger partial charge in [-0.15, -0.1) is 0 Å². The van der Waals surface area contributed by atoms with Crippen LogP contribution in [0.4, 0.5) is 5.69 Å². The van der Waals surface area contributed by atoms with E-state index in [4.69, 9.17) is 0 Å². The number of nitrogens with one attached hydrogen (secondary N) is 1. The fraction of sp³-hybridized carbons (Fsp3) is 0.667. The van der Waals surface area contributed by atoms with Gasteiger partial charge in [0.05, 0.1) is 17.5 Å². The first-order valence-corrected chi connectivity index (χ1v) is 6.92. The van der Waals surface area contributed by atoms with Gasteiger partial charge in [0.2, 0.25) is 0 Å². The predicted molar refractivity (Wildman–Crippen MR) is 75.9 cm³/mol. The topological polar surface area (TPSA) is 67.2 Å². The normalized spacial score (nSPS) is 14.3. The highest BCUT2D eigenvalue weighted by atomic mass is 79.9. The Balaban J connectivity index is 2.86. The standard InChI is InChI=1S/C12H20BrN3O2/c1-4-6-16-11(17)10(13)9(7-15-16)14-8-12(3,18)5-2/h7,14,18H,4-6,8H2,1-3H3. The number of halogens is 1. The minimum Gasteiger partial charge on any atom is -0.388 e. The monoisotopic (exact) mass is 317 g/mol. The van der Waals surface area contributed by atoms with E-state index in [9.17, 15) is 9.90 Å². The molecule has 0 aromatic carbocycles. The van der Waals surface area contributed by atoms with Crippen molar-refractivity contribution < 1.29 is 5.11 Å². The van der Waals surface area contributed by atoms with Crippen LogP contribution in [0, 0.1) is 0 Å². The van der Waals surface area contributed by atoms with Crippen molar-refractivity contribution in [1.29, 1.82) is 0 Å². The molecule has 2 N–H and O–H groups in total. The molecule has 0 aliphatic heterocycles. The van der Waals surface area contributed by atoms with Gasteiger partial charge in [-0.1, -0.05) is 13.8 Å². The second-order valence-electron chi connectivity index (χ2n) is 4.60. The summed E-state index contributed by atoms with van der Waals surface area (Å²) in [5.41, 5.74) is -0.336. The van der Waals surface area contributed by atoms with Gasteiger partial charge in [0, 0.05) is 13.1 Å². The smallest absolute Gasteiger partial charge is 0.283 e. The van der Waals surface area contributed by atoms with E-state index in [0.29, 0.717) is 29.7 Å². The largest absolute Gasteiger partial charge is 0.388 e.